The average molecular weight is 458 g/mol. The number of esters is 2. The fourth-order valence-electron chi connectivity index (χ4n) is 4.60. The van der Waals surface area contributed by atoms with Crippen LogP contribution in [0.25, 0.3) is 0 Å². The van der Waals surface area contributed by atoms with Crippen molar-refractivity contribution >= 4 is 17.7 Å². The smallest absolute Gasteiger partial charge is 0.337 e. The molecular weight excluding hydrogens is 426 g/mol. The highest BCUT2D eigenvalue weighted by atomic mass is 16.5. The molecule has 0 aromatic heterocycles. The predicted octanol–water partition coefficient (Wildman–Crippen LogP) is 3.27. The van der Waals surface area contributed by atoms with E-state index in [1.807, 2.05) is 6.92 Å². The van der Waals surface area contributed by atoms with Gasteiger partial charge in [-0.25, -0.2) is 4.79 Å². The Kier molecular flexibility index (Phi) is 7.15. The third kappa shape index (κ3) is 4.47. The van der Waals surface area contributed by atoms with Crippen molar-refractivity contribution < 1.29 is 33.3 Å². The van der Waals surface area contributed by atoms with Gasteiger partial charge in [-0.05, 0) is 39.2 Å². The lowest BCUT2D eigenvalue weighted by Crippen LogP contribution is -2.43. The predicted molar refractivity (Wildman–Crippen MR) is 121 cm³/mol. The van der Waals surface area contributed by atoms with Crippen LogP contribution in [-0.4, -0.2) is 45.2 Å². The summed E-state index contributed by atoms with van der Waals surface area (Å²) in [7, 11) is 4.33. The minimum atomic E-state index is -0.955. The molecule has 0 saturated carbocycles. The molecule has 1 aliphatic heterocycles. The number of ketones is 1. The van der Waals surface area contributed by atoms with E-state index in [2.05, 4.69) is 5.32 Å². The molecule has 0 amide bonds. The first-order valence-corrected chi connectivity index (χ1v) is 10.9. The molecule has 3 atom stereocenters. The molecule has 1 aromatic rings. The number of rotatable bonds is 6. The topological polar surface area (TPSA) is 100 Å². The lowest BCUT2D eigenvalue weighted by Gasteiger charge is -2.38. The molecule has 0 radical (unpaired) electrons. The summed E-state index contributed by atoms with van der Waals surface area (Å²) in [6.45, 7) is 7.15. The van der Waals surface area contributed by atoms with Gasteiger partial charge in [-0.3, -0.25) is 9.59 Å². The SMILES string of the molecule is COC(=O)[C@@H]1C(=O)C2=C(C[C@H]1C)NC(C)=C(C(=O)OC(C)C)[C@H]2c1ccc(OC)cc1OC. The van der Waals surface area contributed by atoms with E-state index in [1.54, 1.807) is 46.1 Å². The van der Waals surface area contributed by atoms with Crippen LogP contribution in [0.4, 0.5) is 0 Å². The van der Waals surface area contributed by atoms with Crippen LogP contribution in [0.3, 0.4) is 0 Å². The summed E-state index contributed by atoms with van der Waals surface area (Å²) >= 11 is 0. The van der Waals surface area contributed by atoms with Gasteiger partial charge in [0.1, 0.15) is 17.4 Å². The minimum Gasteiger partial charge on any atom is -0.497 e. The molecule has 8 heteroatoms. The fraction of sp³-hybridized carbons (Fsp3) is 0.480. The zero-order valence-electron chi connectivity index (χ0n) is 20.1. The van der Waals surface area contributed by atoms with Gasteiger partial charge in [0.15, 0.2) is 5.78 Å². The number of dihydropyridines is 1. The van der Waals surface area contributed by atoms with E-state index in [1.165, 1.54) is 14.2 Å². The Morgan fingerprint density at radius 3 is 2.39 bits per heavy atom. The Hall–Kier alpha value is -3.29. The maximum Gasteiger partial charge on any atom is 0.337 e. The number of carbonyl (C=O) groups is 3. The third-order valence-electron chi connectivity index (χ3n) is 6.06. The van der Waals surface area contributed by atoms with E-state index in [0.717, 1.165) is 0 Å². The summed E-state index contributed by atoms with van der Waals surface area (Å²) in [5, 5.41) is 3.24. The second kappa shape index (κ2) is 9.68. The maximum absolute atomic E-state index is 13.7. The summed E-state index contributed by atoms with van der Waals surface area (Å²) in [6.07, 6.45) is 0.108. The van der Waals surface area contributed by atoms with Crippen LogP contribution >= 0.6 is 0 Å². The van der Waals surface area contributed by atoms with Gasteiger partial charge >= 0.3 is 11.9 Å². The zero-order valence-corrected chi connectivity index (χ0v) is 20.1. The van der Waals surface area contributed by atoms with Gasteiger partial charge in [0, 0.05) is 28.6 Å². The number of Topliss-reactive ketones (excluding diaryl/α,β-unsaturated/α-hetero) is 1. The number of benzene rings is 1. The molecule has 1 aliphatic carbocycles. The number of carbonyl (C=O) groups excluding carboxylic acids is 3. The molecule has 1 N–H and O–H groups in total. The van der Waals surface area contributed by atoms with Crippen molar-refractivity contribution in [2.45, 2.75) is 46.1 Å². The van der Waals surface area contributed by atoms with Crippen molar-refractivity contribution in [1.29, 1.82) is 0 Å². The Morgan fingerprint density at radius 1 is 1.12 bits per heavy atom. The molecule has 1 aromatic carbocycles. The van der Waals surface area contributed by atoms with Gasteiger partial charge in [-0.2, -0.15) is 0 Å². The number of ether oxygens (including phenoxy) is 4. The lowest BCUT2D eigenvalue weighted by atomic mass is 9.69. The molecular formula is C25H31NO7. The van der Waals surface area contributed by atoms with E-state index in [-0.39, 0.29) is 17.8 Å². The number of hydrogen-bond acceptors (Lipinski definition) is 8. The standard InChI is InChI=1S/C25H31NO7/c1-12(2)33-25(29)20-14(4)26-17-10-13(3)19(24(28)32-7)23(27)22(17)21(20)16-9-8-15(30-5)11-18(16)31-6/h8-9,11-13,19,21,26H,10H2,1-7H3/t13-,19+,21-/m1/s1. The van der Waals surface area contributed by atoms with E-state index in [4.69, 9.17) is 18.9 Å². The highest BCUT2D eigenvalue weighted by molar-refractivity contribution is 6.12. The second-order valence-electron chi connectivity index (χ2n) is 8.60. The number of allylic oxidation sites excluding steroid dienone is 3. The average Bonchev–Trinajstić information content (AvgIpc) is 2.76. The van der Waals surface area contributed by atoms with Crippen molar-refractivity contribution in [3.8, 4) is 11.5 Å². The minimum absolute atomic E-state index is 0.258. The van der Waals surface area contributed by atoms with E-state index < -0.39 is 23.8 Å². The molecule has 1 heterocycles. The number of methoxy groups -OCH3 is 3. The first kappa shape index (κ1) is 24.4. The molecule has 0 unspecified atom stereocenters. The van der Waals surface area contributed by atoms with Crippen LogP contribution in [0.15, 0.2) is 40.7 Å². The highest BCUT2D eigenvalue weighted by Gasteiger charge is 2.48. The van der Waals surface area contributed by atoms with Gasteiger partial charge < -0.3 is 24.3 Å². The number of hydrogen-bond donors (Lipinski definition) is 1. The van der Waals surface area contributed by atoms with E-state index in [0.29, 0.717) is 46.0 Å². The molecule has 0 spiro atoms. The quantitative estimate of drug-likeness (QED) is 0.513. The van der Waals surface area contributed by atoms with Crippen LogP contribution in [0.5, 0.6) is 11.5 Å². The monoisotopic (exact) mass is 457 g/mol. The molecule has 2 aliphatic rings. The van der Waals surface area contributed by atoms with Crippen molar-refractivity contribution in [3.63, 3.8) is 0 Å². The molecule has 33 heavy (non-hydrogen) atoms. The van der Waals surface area contributed by atoms with Crippen LogP contribution in [-0.2, 0) is 23.9 Å². The Labute approximate surface area is 193 Å². The van der Waals surface area contributed by atoms with E-state index in [9.17, 15) is 14.4 Å². The van der Waals surface area contributed by atoms with Crippen molar-refractivity contribution in [2.24, 2.45) is 11.8 Å². The van der Waals surface area contributed by atoms with Crippen LogP contribution in [0.2, 0.25) is 0 Å². The fourth-order valence-corrected chi connectivity index (χ4v) is 4.60. The van der Waals surface area contributed by atoms with Gasteiger partial charge in [0.05, 0.1) is 38.9 Å². The summed E-state index contributed by atoms with van der Waals surface area (Å²) in [5.74, 6) is -2.45. The Balaban J connectivity index is 2.25. The van der Waals surface area contributed by atoms with Gasteiger partial charge in [0.2, 0.25) is 0 Å². The molecule has 3 rings (SSSR count). The van der Waals surface area contributed by atoms with Crippen LogP contribution in [0, 0.1) is 11.8 Å². The summed E-state index contributed by atoms with van der Waals surface area (Å²) in [6, 6.07) is 5.22. The first-order chi connectivity index (χ1) is 15.6. The third-order valence-corrected chi connectivity index (χ3v) is 6.06. The van der Waals surface area contributed by atoms with E-state index >= 15 is 0 Å². The van der Waals surface area contributed by atoms with Gasteiger partial charge in [0.25, 0.3) is 0 Å². The molecule has 0 fully saturated rings. The largest absolute Gasteiger partial charge is 0.497 e. The summed E-state index contributed by atoms with van der Waals surface area (Å²) in [4.78, 5) is 39.5. The van der Waals surface area contributed by atoms with Gasteiger partial charge in [-0.1, -0.05) is 13.0 Å². The van der Waals surface area contributed by atoms with Crippen LogP contribution in [0.1, 0.15) is 45.6 Å². The highest BCUT2D eigenvalue weighted by Crippen LogP contribution is 2.48. The summed E-state index contributed by atoms with van der Waals surface area (Å²) in [5.41, 5.74) is 2.55. The Morgan fingerprint density at radius 2 is 1.82 bits per heavy atom. The molecule has 0 bridgehead atoms. The second-order valence-corrected chi connectivity index (χ2v) is 8.60. The van der Waals surface area contributed by atoms with Crippen molar-refractivity contribution in [1.82, 2.24) is 5.32 Å². The van der Waals surface area contributed by atoms with Crippen LogP contribution < -0.4 is 14.8 Å². The molecule has 8 nitrogen and oxygen atoms in total. The molecule has 178 valence electrons. The van der Waals surface area contributed by atoms with Gasteiger partial charge in [-0.15, -0.1) is 0 Å². The summed E-state index contributed by atoms with van der Waals surface area (Å²) < 4.78 is 21.4. The van der Waals surface area contributed by atoms with Crippen molar-refractivity contribution in [2.75, 3.05) is 21.3 Å². The Bertz CT molecular complexity index is 1040. The lowest BCUT2D eigenvalue weighted by molar-refractivity contribution is -0.151. The van der Waals surface area contributed by atoms with Crippen molar-refractivity contribution in [3.05, 3.63) is 46.3 Å². The maximum atomic E-state index is 13.7. The first-order valence-electron chi connectivity index (χ1n) is 10.9. The molecule has 0 saturated heterocycles. The zero-order chi connectivity index (χ0) is 24.4. The normalized spacial score (nSPS) is 22.5. The number of nitrogens with one attached hydrogen (secondary N) is 1.